The molecule has 0 bridgehead atoms. The van der Waals surface area contributed by atoms with Crippen molar-refractivity contribution in [2.45, 2.75) is 84.0 Å². The van der Waals surface area contributed by atoms with E-state index in [1.54, 1.807) is 0 Å². The SMILES string of the molecule is CCC=CCC=CCC=CCC=CCC=CCC=CCCC(=O)NCCNC(=O)CC=Cc1ccc(CCN2CCCC2)nc1. The molecule has 2 amide bonds. The Morgan fingerprint density at radius 3 is 1.84 bits per heavy atom. The molecule has 2 heterocycles. The minimum absolute atomic E-state index is 0.0000467. The lowest BCUT2D eigenvalue weighted by molar-refractivity contribution is -0.122. The number of hydrogen-bond donors (Lipinski definition) is 2. The first-order valence-corrected chi connectivity index (χ1v) is 16.9. The molecule has 45 heavy (non-hydrogen) atoms. The van der Waals surface area contributed by atoms with Crippen molar-refractivity contribution in [1.29, 1.82) is 0 Å². The maximum absolute atomic E-state index is 12.1. The number of likely N-dealkylation sites (tertiary alicyclic amines) is 1. The van der Waals surface area contributed by atoms with Gasteiger partial charge in [-0.15, -0.1) is 0 Å². The van der Waals surface area contributed by atoms with Crippen LogP contribution in [0.3, 0.4) is 0 Å². The van der Waals surface area contributed by atoms with E-state index in [2.05, 4.69) is 106 Å². The molecule has 0 saturated carbocycles. The van der Waals surface area contributed by atoms with Gasteiger partial charge in [0, 0.05) is 50.8 Å². The Kier molecular flexibility index (Phi) is 22.1. The number of allylic oxidation sites excluding steroid dienone is 12. The molecule has 0 aromatic carbocycles. The highest BCUT2D eigenvalue weighted by Crippen LogP contribution is 2.09. The van der Waals surface area contributed by atoms with E-state index in [9.17, 15) is 9.59 Å². The van der Waals surface area contributed by atoms with Gasteiger partial charge in [-0.05, 0) is 82.5 Å². The summed E-state index contributed by atoms with van der Waals surface area (Å²) in [6.07, 6.45) is 42.6. The number of nitrogens with zero attached hydrogens (tertiary/aromatic N) is 2. The summed E-state index contributed by atoms with van der Waals surface area (Å²) in [7, 11) is 0. The molecular weight excluding hydrogens is 556 g/mol. The molecule has 2 rings (SSSR count). The highest BCUT2D eigenvalue weighted by Gasteiger charge is 2.11. The summed E-state index contributed by atoms with van der Waals surface area (Å²) in [5.74, 6) is -0.0614. The number of nitrogens with one attached hydrogen (secondary N) is 2. The summed E-state index contributed by atoms with van der Waals surface area (Å²) in [6.45, 7) is 6.50. The van der Waals surface area contributed by atoms with Gasteiger partial charge in [-0.25, -0.2) is 0 Å². The smallest absolute Gasteiger partial charge is 0.223 e. The maximum atomic E-state index is 12.1. The van der Waals surface area contributed by atoms with Gasteiger partial charge in [0.15, 0.2) is 0 Å². The summed E-state index contributed by atoms with van der Waals surface area (Å²) >= 11 is 0. The zero-order chi connectivity index (χ0) is 32.0. The van der Waals surface area contributed by atoms with Crippen LogP contribution in [-0.2, 0) is 16.0 Å². The normalized spacial score (nSPS) is 14.6. The van der Waals surface area contributed by atoms with E-state index in [1.165, 1.54) is 25.9 Å². The number of rotatable bonds is 23. The fraction of sp³-hybridized carbons (Fsp3) is 0.462. The Morgan fingerprint density at radius 2 is 1.29 bits per heavy atom. The van der Waals surface area contributed by atoms with Gasteiger partial charge >= 0.3 is 0 Å². The van der Waals surface area contributed by atoms with Gasteiger partial charge in [-0.3, -0.25) is 14.6 Å². The van der Waals surface area contributed by atoms with Crippen molar-refractivity contribution in [3.05, 3.63) is 109 Å². The standard InChI is InChI=1S/C39H56N4O2/c1-2-3-4-5-6-7-8-9-10-11-12-13-14-15-16-17-18-19-20-25-38(44)40-30-31-41-39(45)26-23-24-36-27-28-37(42-35-36)29-34-43-32-21-22-33-43/h3-4,6-7,9-10,12-13,15-16,18-19,23-24,27-28,35H,2,5,8,11,14,17,20-22,25-26,29-34H2,1H3,(H,40,44)(H,41,45). The van der Waals surface area contributed by atoms with Crippen molar-refractivity contribution in [2.24, 2.45) is 0 Å². The van der Waals surface area contributed by atoms with Crippen molar-refractivity contribution < 1.29 is 9.59 Å². The quantitative estimate of drug-likeness (QED) is 0.0976. The molecule has 1 saturated heterocycles. The summed E-state index contributed by atoms with van der Waals surface area (Å²) in [5, 5.41) is 5.71. The van der Waals surface area contributed by atoms with E-state index in [4.69, 9.17) is 0 Å². The lowest BCUT2D eigenvalue weighted by Gasteiger charge is -2.13. The van der Waals surface area contributed by atoms with Crippen LogP contribution in [0, 0.1) is 0 Å². The van der Waals surface area contributed by atoms with Crippen molar-refractivity contribution in [3.63, 3.8) is 0 Å². The average Bonchev–Trinajstić information content (AvgIpc) is 3.58. The molecule has 2 N–H and O–H groups in total. The fourth-order valence-electron chi connectivity index (χ4n) is 4.68. The highest BCUT2D eigenvalue weighted by atomic mass is 16.2. The van der Waals surface area contributed by atoms with Crippen LogP contribution in [0.15, 0.2) is 97.3 Å². The molecule has 1 aliphatic heterocycles. The van der Waals surface area contributed by atoms with Crippen LogP contribution < -0.4 is 10.6 Å². The summed E-state index contributed by atoms with van der Waals surface area (Å²) in [6, 6.07) is 4.12. The van der Waals surface area contributed by atoms with Crippen LogP contribution in [0.1, 0.15) is 88.8 Å². The molecule has 1 fully saturated rings. The Labute approximate surface area is 272 Å². The summed E-state index contributed by atoms with van der Waals surface area (Å²) in [4.78, 5) is 31.2. The topological polar surface area (TPSA) is 74.3 Å². The first kappa shape index (κ1) is 37.4. The number of hydrogen-bond acceptors (Lipinski definition) is 4. The van der Waals surface area contributed by atoms with Gasteiger partial charge in [0.05, 0.1) is 0 Å². The molecule has 0 aliphatic carbocycles. The summed E-state index contributed by atoms with van der Waals surface area (Å²) in [5.41, 5.74) is 2.10. The van der Waals surface area contributed by atoms with Crippen LogP contribution in [0.25, 0.3) is 6.08 Å². The van der Waals surface area contributed by atoms with Gasteiger partial charge in [0.1, 0.15) is 0 Å². The lowest BCUT2D eigenvalue weighted by Crippen LogP contribution is -2.34. The number of amides is 2. The van der Waals surface area contributed by atoms with Gasteiger partial charge in [-0.1, -0.05) is 98.1 Å². The number of carbonyl (C=O) groups excluding carboxylic acids is 2. The van der Waals surface area contributed by atoms with Gasteiger partial charge in [-0.2, -0.15) is 0 Å². The monoisotopic (exact) mass is 612 g/mol. The van der Waals surface area contributed by atoms with E-state index in [-0.39, 0.29) is 11.8 Å². The second-order valence-corrected chi connectivity index (χ2v) is 11.1. The van der Waals surface area contributed by atoms with E-state index in [1.807, 2.05) is 24.4 Å². The van der Waals surface area contributed by atoms with Crippen molar-refractivity contribution in [2.75, 3.05) is 32.7 Å². The minimum atomic E-state index is -0.0614. The largest absolute Gasteiger partial charge is 0.354 e. The maximum Gasteiger partial charge on any atom is 0.223 e. The Hall–Kier alpha value is -3.77. The van der Waals surface area contributed by atoms with E-state index >= 15 is 0 Å². The predicted molar refractivity (Wildman–Crippen MR) is 191 cm³/mol. The molecule has 1 aliphatic rings. The average molecular weight is 613 g/mol. The van der Waals surface area contributed by atoms with Crippen molar-refractivity contribution in [1.82, 2.24) is 20.5 Å². The lowest BCUT2D eigenvalue weighted by atomic mass is 10.2. The zero-order valence-electron chi connectivity index (χ0n) is 27.5. The van der Waals surface area contributed by atoms with Gasteiger partial charge in [0.2, 0.25) is 11.8 Å². The molecule has 0 atom stereocenters. The van der Waals surface area contributed by atoms with Crippen LogP contribution in [-0.4, -0.2) is 54.4 Å². The molecule has 0 spiro atoms. The third-order valence-corrected chi connectivity index (χ3v) is 7.25. The number of aromatic nitrogens is 1. The third-order valence-electron chi connectivity index (χ3n) is 7.25. The van der Waals surface area contributed by atoms with Crippen LogP contribution in [0.4, 0.5) is 0 Å². The van der Waals surface area contributed by atoms with Gasteiger partial charge < -0.3 is 15.5 Å². The molecule has 0 radical (unpaired) electrons. The Bertz CT molecular complexity index is 1140. The van der Waals surface area contributed by atoms with Gasteiger partial charge in [0.25, 0.3) is 0 Å². The second kappa shape index (κ2) is 26.6. The number of pyridine rings is 1. The molecule has 0 unspecified atom stereocenters. The number of carbonyl (C=O) groups is 2. The van der Waals surface area contributed by atoms with Crippen molar-refractivity contribution >= 4 is 17.9 Å². The molecule has 6 nitrogen and oxygen atoms in total. The second-order valence-electron chi connectivity index (χ2n) is 11.1. The van der Waals surface area contributed by atoms with E-state index in [0.717, 1.165) is 62.7 Å². The van der Waals surface area contributed by atoms with Crippen LogP contribution >= 0.6 is 0 Å². The first-order valence-electron chi connectivity index (χ1n) is 16.9. The Balaban J connectivity index is 1.41. The highest BCUT2D eigenvalue weighted by molar-refractivity contribution is 5.79. The van der Waals surface area contributed by atoms with E-state index in [0.29, 0.717) is 32.4 Å². The first-order chi connectivity index (χ1) is 22.2. The fourth-order valence-corrected chi connectivity index (χ4v) is 4.68. The zero-order valence-corrected chi connectivity index (χ0v) is 27.5. The predicted octanol–water partition coefficient (Wildman–Crippen LogP) is 7.83. The van der Waals surface area contributed by atoms with Crippen molar-refractivity contribution in [3.8, 4) is 0 Å². The Morgan fingerprint density at radius 1 is 0.733 bits per heavy atom. The molecule has 1 aromatic rings. The molecule has 6 heteroatoms. The molecular formula is C39H56N4O2. The molecule has 1 aromatic heterocycles. The summed E-state index contributed by atoms with van der Waals surface area (Å²) < 4.78 is 0. The molecule has 244 valence electrons. The minimum Gasteiger partial charge on any atom is -0.354 e. The van der Waals surface area contributed by atoms with E-state index < -0.39 is 0 Å². The third kappa shape index (κ3) is 21.6. The van der Waals surface area contributed by atoms with Crippen LogP contribution in [0.2, 0.25) is 0 Å². The van der Waals surface area contributed by atoms with Crippen LogP contribution in [0.5, 0.6) is 0 Å².